The van der Waals surface area contributed by atoms with E-state index in [1.54, 1.807) is 35.4 Å². The number of hydrogen-bond acceptors (Lipinski definition) is 3. The van der Waals surface area contributed by atoms with Gasteiger partial charge in [-0.1, -0.05) is 12.1 Å². The number of amides is 3. The summed E-state index contributed by atoms with van der Waals surface area (Å²) in [7, 11) is 0. The number of carbonyl (C=O) groups is 2. The van der Waals surface area contributed by atoms with Crippen molar-refractivity contribution in [1.29, 1.82) is 0 Å². The molecule has 2 aliphatic rings. The summed E-state index contributed by atoms with van der Waals surface area (Å²) in [4.78, 5) is 26.3. The summed E-state index contributed by atoms with van der Waals surface area (Å²) in [6.07, 6.45) is 1.54. The van der Waals surface area contributed by atoms with E-state index >= 15 is 0 Å². The van der Waals surface area contributed by atoms with Gasteiger partial charge in [0.25, 0.3) is 5.91 Å². The molecule has 0 bridgehead atoms. The highest BCUT2D eigenvalue weighted by Gasteiger charge is 2.40. The number of benzene rings is 1. The summed E-state index contributed by atoms with van der Waals surface area (Å²) in [5, 5.41) is 5.37. The molecule has 1 aromatic carbocycles. The van der Waals surface area contributed by atoms with Crippen molar-refractivity contribution in [2.45, 2.75) is 12.6 Å². The molecule has 0 unspecified atom stereocenters. The molecule has 0 saturated heterocycles. The standard InChI is InChI=1S/C17H14FN3O3/c18-11-4-1-3-10(7-11)15-14-13(19-17(23)20-15)9-21(16(14)22)8-12-5-2-6-24-12/h1-7,15H,8-9H2,(H2,19,20,23)/t15-/m0/s1. The van der Waals surface area contributed by atoms with E-state index in [-0.39, 0.29) is 12.5 Å². The van der Waals surface area contributed by atoms with Crippen LogP contribution in [0.1, 0.15) is 17.4 Å². The van der Waals surface area contributed by atoms with Gasteiger partial charge in [-0.05, 0) is 29.8 Å². The first-order valence-electron chi connectivity index (χ1n) is 7.49. The Morgan fingerprint density at radius 1 is 1.25 bits per heavy atom. The van der Waals surface area contributed by atoms with E-state index in [0.29, 0.717) is 29.1 Å². The Labute approximate surface area is 136 Å². The van der Waals surface area contributed by atoms with Crippen molar-refractivity contribution in [1.82, 2.24) is 15.5 Å². The van der Waals surface area contributed by atoms with Crippen molar-refractivity contribution in [2.24, 2.45) is 0 Å². The highest BCUT2D eigenvalue weighted by atomic mass is 19.1. The molecule has 0 fully saturated rings. The smallest absolute Gasteiger partial charge is 0.319 e. The van der Waals surface area contributed by atoms with Crippen LogP contribution in [0.15, 0.2) is 58.3 Å². The van der Waals surface area contributed by atoms with Crippen LogP contribution in [0.2, 0.25) is 0 Å². The molecule has 2 aromatic rings. The summed E-state index contributed by atoms with van der Waals surface area (Å²) in [6.45, 7) is 0.596. The molecule has 0 radical (unpaired) electrons. The van der Waals surface area contributed by atoms with Gasteiger partial charge in [0.2, 0.25) is 0 Å². The first-order chi connectivity index (χ1) is 11.6. The SMILES string of the molecule is O=C1NC2=C(C(=O)N(Cc3ccco3)C2)[C@H](c2cccc(F)c2)N1. The fourth-order valence-electron chi connectivity index (χ4n) is 3.08. The lowest BCUT2D eigenvalue weighted by Crippen LogP contribution is -2.44. The third-order valence-corrected chi connectivity index (χ3v) is 4.13. The van der Waals surface area contributed by atoms with Crippen LogP contribution in [0.25, 0.3) is 0 Å². The van der Waals surface area contributed by atoms with Gasteiger partial charge in [-0.2, -0.15) is 0 Å². The monoisotopic (exact) mass is 327 g/mol. The summed E-state index contributed by atoms with van der Waals surface area (Å²) >= 11 is 0. The number of nitrogens with one attached hydrogen (secondary N) is 2. The predicted molar refractivity (Wildman–Crippen MR) is 82.0 cm³/mol. The van der Waals surface area contributed by atoms with Gasteiger partial charge < -0.3 is 20.0 Å². The van der Waals surface area contributed by atoms with E-state index in [0.717, 1.165) is 0 Å². The fraction of sp³-hybridized carbons (Fsp3) is 0.176. The minimum atomic E-state index is -0.668. The Hall–Kier alpha value is -3.09. The van der Waals surface area contributed by atoms with E-state index in [9.17, 15) is 14.0 Å². The zero-order chi connectivity index (χ0) is 16.7. The number of halogens is 1. The predicted octanol–water partition coefficient (Wildman–Crippen LogP) is 2.07. The largest absolute Gasteiger partial charge is 0.467 e. The molecule has 0 saturated carbocycles. The maximum atomic E-state index is 13.5. The van der Waals surface area contributed by atoms with Gasteiger partial charge in [-0.3, -0.25) is 4.79 Å². The highest BCUT2D eigenvalue weighted by Crippen LogP contribution is 2.33. The van der Waals surface area contributed by atoms with Crippen LogP contribution in [0, 0.1) is 5.82 Å². The van der Waals surface area contributed by atoms with Gasteiger partial charge in [-0.25, -0.2) is 9.18 Å². The molecule has 24 heavy (non-hydrogen) atoms. The minimum Gasteiger partial charge on any atom is -0.467 e. The fourth-order valence-corrected chi connectivity index (χ4v) is 3.08. The lowest BCUT2D eigenvalue weighted by molar-refractivity contribution is -0.126. The summed E-state index contributed by atoms with van der Waals surface area (Å²) in [5.74, 6) is 0.0354. The van der Waals surface area contributed by atoms with E-state index in [4.69, 9.17) is 4.42 Å². The Balaban J connectivity index is 1.66. The Kier molecular flexibility index (Phi) is 3.34. The zero-order valence-electron chi connectivity index (χ0n) is 12.6. The van der Waals surface area contributed by atoms with Crippen molar-refractivity contribution in [3.05, 3.63) is 71.1 Å². The average Bonchev–Trinajstić information content (AvgIpc) is 3.16. The number of urea groups is 1. The minimum absolute atomic E-state index is 0.205. The van der Waals surface area contributed by atoms with Crippen LogP contribution >= 0.6 is 0 Å². The summed E-state index contributed by atoms with van der Waals surface area (Å²) in [5.41, 5.74) is 1.52. The van der Waals surface area contributed by atoms with Crippen molar-refractivity contribution in [3.63, 3.8) is 0 Å². The molecule has 1 aromatic heterocycles. The maximum Gasteiger partial charge on any atom is 0.319 e. The maximum absolute atomic E-state index is 13.5. The lowest BCUT2D eigenvalue weighted by Gasteiger charge is -2.25. The van der Waals surface area contributed by atoms with E-state index in [1.807, 2.05) is 0 Å². The van der Waals surface area contributed by atoms with Crippen molar-refractivity contribution in [3.8, 4) is 0 Å². The highest BCUT2D eigenvalue weighted by molar-refractivity contribution is 6.01. The molecule has 2 N–H and O–H groups in total. The van der Waals surface area contributed by atoms with Crippen molar-refractivity contribution in [2.75, 3.05) is 6.54 Å². The Morgan fingerprint density at radius 2 is 2.12 bits per heavy atom. The van der Waals surface area contributed by atoms with Crippen LogP contribution in [-0.2, 0) is 11.3 Å². The van der Waals surface area contributed by atoms with Crippen LogP contribution in [0.4, 0.5) is 9.18 Å². The molecule has 0 aliphatic carbocycles. The second-order valence-corrected chi connectivity index (χ2v) is 5.72. The molecule has 122 valence electrons. The quantitative estimate of drug-likeness (QED) is 0.906. The van der Waals surface area contributed by atoms with Gasteiger partial charge in [0.1, 0.15) is 11.6 Å². The second-order valence-electron chi connectivity index (χ2n) is 5.72. The van der Waals surface area contributed by atoms with Crippen LogP contribution in [0.3, 0.4) is 0 Å². The Bertz CT molecular complexity index is 845. The van der Waals surface area contributed by atoms with Gasteiger partial charge >= 0.3 is 6.03 Å². The van der Waals surface area contributed by atoms with Gasteiger partial charge in [-0.15, -0.1) is 0 Å². The second kappa shape index (κ2) is 5.52. The van der Waals surface area contributed by atoms with Crippen LogP contribution in [0.5, 0.6) is 0 Å². The normalized spacial score (nSPS) is 20.0. The molecule has 3 amide bonds. The van der Waals surface area contributed by atoms with Crippen LogP contribution < -0.4 is 10.6 Å². The number of carbonyl (C=O) groups excluding carboxylic acids is 2. The van der Waals surface area contributed by atoms with Crippen LogP contribution in [-0.4, -0.2) is 23.4 Å². The molecule has 2 aliphatic heterocycles. The summed E-state index contributed by atoms with van der Waals surface area (Å²) < 4.78 is 18.8. The first-order valence-corrected chi connectivity index (χ1v) is 7.49. The molecule has 6 nitrogen and oxygen atoms in total. The third-order valence-electron chi connectivity index (χ3n) is 4.13. The average molecular weight is 327 g/mol. The van der Waals surface area contributed by atoms with E-state index in [1.165, 1.54) is 12.1 Å². The molecular weight excluding hydrogens is 313 g/mol. The topological polar surface area (TPSA) is 74.6 Å². The Morgan fingerprint density at radius 3 is 2.88 bits per heavy atom. The van der Waals surface area contributed by atoms with E-state index in [2.05, 4.69) is 10.6 Å². The van der Waals surface area contributed by atoms with Crippen molar-refractivity contribution < 1.29 is 18.4 Å². The number of hydrogen-bond donors (Lipinski definition) is 2. The molecule has 1 atom stereocenters. The lowest BCUT2D eigenvalue weighted by atomic mass is 9.96. The molecule has 0 spiro atoms. The van der Waals surface area contributed by atoms with E-state index < -0.39 is 17.9 Å². The molecule has 3 heterocycles. The zero-order valence-corrected chi connectivity index (χ0v) is 12.6. The molecular formula is C17H14FN3O3. The number of furan rings is 1. The van der Waals surface area contributed by atoms with Gasteiger partial charge in [0.15, 0.2) is 0 Å². The third kappa shape index (κ3) is 2.44. The van der Waals surface area contributed by atoms with Crippen molar-refractivity contribution >= 4 is 11.9 Å². The van der Waals surface area contributed by atoms with Gasteiger partial charge in [0, 0.05) is 0 Å². The molecule has 4 rings (SSSR count). The summed E-state index contributed by atoms with van der Waals surface area (Å²) in [6, 6.07) is 8.35. The first kappa shape index (κ1) is 14.5. The number of nitrogens with zero attached hydrogens (tertiary/aromatic N) is 1. The van der Waals surface area contributed by atoms with Gasteiger partial charge in [0.05, 0.1) is 36.7 Å². The molecule has 7 heteroatoms. The number of rotatable bonds is 3.